The molecule has 166 valence electrons. The summed E-state index contributed by atoms with van der Waals surface area (Å²) in [7, 11) is 0. The zero-order valence-corrected chi connectivity index (χ0v) is 19.5. The molecule has 0 bridgehead atoms. The van der Waals surface area contributed by atoms with Crippen LogP contribution in [0, 0.1) is 0 Å². The number of carbonyl (C=O) groups is 1. The van der Waals surface area contributed by atoms with E-state index in [-0.39, 0.29) is 5.91 Å². The molecule has 1 amide bonds. The molecule has 0 spiro atoms. The molecule has 33 heavy (non-hydrogen) atoms. The Morgan fingerprint density at radius 3 is 2.67 bits per heavy atom. The predicted octanol–water partition coefficient (Wildman–Crippen LogP) is 6.11. The number of fused-ring (bicyclic) bond motifs is 3. The molecule has 3 aromatic carbocycles. The van der Waals surface area contributed by atoms with Gasteiger partial charge in [0.2, 0.25) is 0 Å². The van der Waals surface area contributed by atoms with Crippen LogP contribution < -0.4 is 10.1 Å². The first-order valence-corrected chi connectivity index (χ1v) is 12.0. The van der Waals surface area contributed by atoms with Gasteiger partial charge in [-0.2, -0.15) is 0 Å². The SMILES string of the molecule is CCOc1ccccc1CNC(=O)c1ccc2c(c1)sc1nc(-c3ccc(CC)cc3)cn12. The van der Waals surface area contributed by atoms with Crippen LogP contribution in [0.5, 0.6) is 5.75 Å². The van der Waals surface area contributed by atoms with Gasteiger partial charge in [0, 0.05) is 29.4 Å². The van der Waals surface area contributed by atoms with Gasteiger partial charge in [-0.05, 0) is 43.2 Å². The van der Waals surface area contributed by atoms with Gasteiger partial charge < -0.3 is 10.1 Å². The van der Waals surface area contributed by atoms with Crippen molar-refractivity contribution in [3.63, 3.8) is 0 Å². The number of nitrogens with zero attached hydrogens (tertiary/aromatic N) is 2. The van der Waals surface area contributed by atoms with Crippen LogP contribution in [0.4, 0.5) is 0 Å². The first kappa shape index (κ1) is 21.2. The molecule has 0 atom stereocenters. The molecule has 5 aromatic rings. The van der Waals surface area contributed by atoms with Gasteiger partial charge in [-0.3, -0.25) is 9.20 Å². The molecular formula is C27H25N3O2S. The lowest BCUT2D eigenvalue weighted by molar-refractivity contribution is 0.0951. The quantitative estimate of drug-likeness (QED) is 0.322. The molecule has 0 unspecified atom stereocenters. The van der Waals surface area contributed by atoms with E-state index in [1.54, 1.807) is 11.3 Å². The van der Waals surface area contributed by atoms with Crippen molar-refractivity contribution in [2.24, 2.45) is 0 Å². The van der Waals surface area contributed by atoms with Gasteiger partial charge in [0.15, 0.2) is 4.96 Å². The molecule has 0 fully saturated rings. The van der Waals surface area contributed by atoms with Crippen molar-refractivity contribution in [2.45, 2.75) is 26.8 Å². The lowest BCUT2D eigenvalue weighted by Gasteiger charge is -2.11. The van der Waals surface area contributed by atoms with Crippen LogP contribution in [-0.4, -0.2) is 21.9 Å². The second-order valence-corrected chi connectivity index (χ2v) is 8.85. The normalized spacial score (nSPS) is 11.2. The van der Waals surface area contributed by atoms with Crippen LogP contribution in [0.2, 0.25) is 0 Å². The Kier molecular flexibility index (Phi) is 5.84. The van der Waals surface area contributed by atoms with E-state index in [0.29, 0.717) is 18.7 Å². The fourth-order valence-corrected chi connectivity index (χ4v) is 4.96. The molecule has 1 N–H and O–H groups in total. The standard InChI is InChI=1S/C27H25N3O2S/c1-3-18-9-11-19(12-10-18)22-17-30-23-14-13-20(15-25(23)33-27(30)29-22)26(31)28-16-21-7-5-6-8-24(21)32-4-2/h5-15,17H,3-4,16H2,1-2H3,(H,28,31). The number of para-hydroxylation sites is 1. The van der Waals surface area contributed by atoms with Crippen molar-refractivity contribution in [3.05, 3.63) is 89.6 Å². The van der Waals surface area contributed by atoms with E-state index in [0.717, 1.165) is 44.2 Å². The maximum atomic E-state index is 12.8. The van der Waals surface area contributed by atoms with Crippen LogP contribution >= 0.6 is 11.3 Å². The number of benzene rings is 3. The summed E-state index contributed by atoms with van der Waals surface area (Å²) < 4.78 is 8.79. The number of nitrogens with one attached hydrogen (secondary N) is 1. The van der Waals surface area contributed by atoms with E-state index in [4.69, 9.17) is 9.72 Å². The van der Waals surface area contributed by atoms with Gasteiger partial charge >= 0.3 is 0 Å². The van der Waals surface area contributed by atoms with E-state index in [1.165, 1.54) is 5.56 Å². The second-order valence-electron chi connectivity index (χ2n) is 7.84. The summed E-state index contributed by atoms with van der Waals surface area (Å²) >= 11 is 1.59. The molecule has 0 aliphatic heterocycles. The summed E-state index contributed by atoms with van der Waals surface area (Å²) in [6, 6.07) is 22.1. The van der Waals surface area contributed by atoms with Crippen LogP contribution in [0.1, 0.15) is 35.3 Å². The summed E-state index contributed by atoms with van der Waals surface area (Å²) in [4.78, 5) is 18.5. The minimum absolute atomic E-state index is 0.106. The highest BCUT2D eigenvalue weighted by atomic mass is 32.1. The molecule has 5 nitrogen and oxygen atoms in total. The molecule has 0 aliphatic carbocycles. The number of amides is 1. The molecule has 2 aromatic heterocycles. The van der Waals surface area contributed by atoms with E-state index in [2.05, 4.69) is 47.1 Å². The minimum Gasteiger partial charge on any atom is -0.494 e. The number of carbonyl (C=O) groups excluding carboxylic acids is 1. The molecule has 0 saturated carbocycles. The number of aryl methyl sites for hydroxylation is 1. The third-order valence-electron chi connectivity index (χ3n) is 5.73. The first-order chi connectivity index (χ1) is 16.2. The van der Waals surface area contributed by atoms with E-state index < -0.39 is 0 Å². The molecular weight excluding hydrogens is 430 g/mol. The predicted molar refractivity (Wildman–Crippen MR) is 134 cm³/mol. The average molecular weight is 456 g/mol. The van der Waals surface area contributed by atoms with E-state index >= 15 is 0 Å². The fourth-order valence-electron chi connectivity index (χ4n) is 3.92. The second kappa shape index (κ2) is 9.08. The van der Waals surface area contributed by atoms with Crippen molar-refractivity contribution in [2.75, 3.05) is 6.61 Å². The Morgan fingerprint density at radius 1 is 1.06 bits per heavy atom. The maximum absolute atomic E-state index is 12.8. The number of thiazole rings is 1. The van der Waals surface area contributed by atoms with Crippen LogP contribution in [0.15, 0.2) is 72.9 Å². The van der Waals surface area contributed by atoms with Crippen molar-refractivity contribution in [1.82, 2.24) is 14.7 Å². The van der Waals surface area contributed by atoms with Crippen molar-refractivity contribution in [3.8, 4) is 17.0 Å². The van der Waals surface area contributed by atoms with Crippen LogP contribution in [0.3, 0.4) is 0 Å². The molecule has 0 saturated heterocycles. The third-order valence-corrected chi connectivity index (χ3v) is 6.74. The van der Waals surface area contributed by atoms with Crippen molar-refractivity contribution >= 4 is 32.4 Å². The van der Waals surface area contributed by atoms with Gasteiger partial charge in [0.25, 0.3) is 5.91 Å². The number of hydrogen-bond donors (Lipinski definition) is 1. The molecule has 5 rings (SSSR count). The van der Waals surface area contributed by atoms with Gasteiger partial charge in [-0.25, -0.2) is 4.98 Å². The zero-order chi connectivity index (χ0) is 22.8. The van der Waals surface area contributed by atoms with Gasteiger partial charge in [-0.1, -0.05) is 60.7 Å². The van der Waals surface area contributed by atoms with Crippen molar-refractivity contribution < 1.29 is 9.53 Å². The van der Waals surface area contributed by atoms with Gasteiger partial charge in [-0.15, -0.1) is 0 Å². The topological polar surface area (TPSA) is 55.6 Å². The lowest BCUT2D eigenvalue weighted by Crippen LogP contribution is -2.23. The average Bonchev–Trinajstić information content (AvgIpc) is 3.41. The minimum atomic E-state index is -0.106. The number of rotatable bonds is 7. The molecule has 6 heteroatoms. The highest BCUT2D eigenvalue weighted by Gasteiger charge is 2.13. The highest BCUT2D eigenvalue weighted by molar-refractivity contribution is 7.23. The first-order valence-electron chi connectivity index (χ1n) is 11.2. The summed E-state index contributed by atoms with van der Waals surface area (Å²) in [5.41, 5.74) is 6.04. The molecule has 2 heterocycles. The van der Waals surface area contributed by atoms with E-state index in [1.807, 2.05) is 49.4 Å². The Hall–Kier alpha value is -3.64. The Bertz CT molecular complexity index is 1430. The Balaban J connectivity index is 1.36. The number of aromatic nitrogens is 2. The lowest BCUT2D eigenvalue weighted by atomic mass is 10.1. The zero-order valence-electron chi connectivity index (χ0n) is 18.7. The largest absolute Gasteiger partial charge is 0.494 e. The van der Waals surface area contributed by atoms with Crippen LogP contribution in [-0.2, 0) is 13.0 Å². The fraction of sp³-hybridized carbons (Fsp3) is 0.185. The summed E-state index contributed by atoms with van der Waals surface area (Å²) in [5, 5.41) is 3.01. The third kappa shape index (κ3) is 4.22. The smallest absolute Gasteiger partial charge is 0.251 e. The Morgan fingerprint density at radius 2 is 1.88 bits per heavy atom. The monoisotopic (exact) mass is 455 g/mol. The summed E-state index contributed by atoms with van der Waals surface area (Å²) in [6.07, 6.45) is 3.09. The molecule has 0 radical (unpaired) electrons. The summed E-state index contributed by atoms with van der Waals surface area (Å²) in [5.74, 6) is 0.696. The number of hydrogen-bond acceptors (Lipinski definition) is 4. The van der Waals surface area contributed by atoms with Gasteiger partial charge in [0.05, 0.1) is 22.5 Å². The maximum Gasteiger partial charge on any atom is 0.251 e. The van der Waals surface area contributed by atoms with E-state index in [9.17, 15) is 4.79 Å². The Labute approximate surface area is 196 Å². The summed E-state index contributed by atoms with van der Waals surface area (Å²) in [6.45, 7) is 5.12. The van der Waals surface area contributed by atoms with Crippen LogP contribution in [0.25, 0.3) is 26.4 Å². The number of ether oxygens (including phenoxy) is 1. The van der Waals surface area contributed by atoms with Crippen molar-refractivity contribution in [1.29, 1.82) is 0 Å². The highest BCUT2D eigenvalue weighted by Crippen LogP contribution is 2.30. The van der Waals surface area contributed by atoms with Gasteiger partial charge in [0.1, 0.15) is 5.75 Å². The molecule has 0 aliphatic rings. The number of imidazole rings is 1.